The summed E-state index contributed by atoms with van der Waals surface area (Å²) in [5.74, 6) is 0.754. The van der Waals surface area contributed by atoms with Crippen molar-refractivity contribution in [3.63, 3.8) is 0 Å². The molecule has 1 saturated heterocycles. The normalized spacial score (nSPS) is 26.6. The third-order valence-electron chi connectivity index (χ3n) is 4.25. The summed E-state index contributed by atoms with van der Waals surface area (Å²) in [6, 6.07) is 8.79. The van der Waals surface area contributed by atoms with E-state index in [2.05, 4.69) is 29.7 Å². The highest BCUT2D eigenvalue weighted by Gasteiger charge is 2.23. The third-order valence-corrected chi connectivity index (χ3v) is 4.25. The van der Waals surface area contributed by atoms with Crippen LogP contribution in [-0.2, 0) is 0 Å². The zero-order valence-corrected chi connectivity index (χ0v) is 11.4. The van der Waals surface area contributed by atoms with Crippen molar-refractivity contribution in [1.82, 2.24) is 5.32 Å². The van der Waals surface area contributed by atoms with E-state index in [-0.39, 0.29) is 6.03 Å². The Labute approximate surface area is 114 Å². The van der Waals surface area contributed by atoms with Crippen molar-refractivity contribution in [2.45, 2.75) is 32.2 Å². The zero-order valence-electron chi connectivity index (χ0n) is 11.4. The van der Waals surface area contributed by atoms with Crippen LogP contribution in [0.1, 0.15) is 26.2 Å². The van der Waals surface area contributed by atoms with Gasteiger partial charge in [0, 0.05) is 30.5 Å². The molecule has 2 aliphatic rings. The lowest BCUT2D eigenvalue weighted by Crippen LogP contribution is -2.27. The van der Waals surface area contributed by atoms with Gasteiger partial charge in [-0.2, -0.15) is 0 Å². The van der Waals surface area contributed by atoms with Crippen molar-refractivity contribution in [1.29, 1.82) is 0 Å². The average Bonchev–Trinajstić information content (AvgIpc) is 3.00. The molecule has 2 N–H and O–H groups in total. The molecule has 2 amide bonds. The van der Waals surface area contributed by atoms with Crippen LogP contribution < -0.4 is 15.5 Å². The van der Waals surface area contributed by atoms with E-state index in [0.717, 1.165) is 30.4 Å². The fourth-order valence-electron chi connectivity index (χ4n) is 3.03. The highest BCUT2D eigenvalue weighted by atomic mass is 16.2. The minimum atomic E-state index is 0.00474. The molecule has 4 heteroatoms. The monoisotopic (exact) mass is 259 g/mol. The Balaban J connectivity index is 1.67. The molecule has 2 atom stereocenters. The number of carbonyl (C=O) groups is 1. The molecule has 102 valence electrons. The topological polar surface area (TPSA) is 44.4 Å². The first-order chi connectivity index (χ1) is 9.24. The van der Waals surface area contributed by atoms with Crippen LogP contribution in [-0.4, -0.2) is 25.2 Å². The van der Waals surface area contributed by atoms with E-state index < -0.39 is 0 Å². The quantitative estimate of drug-likeness (QED) is 0.876. The molecule has 0 radical (unpaired) electrons. The molecule has 2 unspecified atom stereocenters. The van der Waals surface area contributed by atoms with Gasteiger partial charge in [-0.3, -0.25) is 4.90 Å². The summed E-state index contributed by atoms with van der Waals surface area (Å²) >= 11 is 0. The van der Waals surface area contributed by atoms with Crippen molar-refractivity contribution in [3.8, 4) is 0 Å². The van der Waals surface area contributed by atoms with Crippen molar-refractivity contribution < 1.29 is 4.79 Å². The van der Waals surface area contributed by atoms with Crippen LogP contribution in [0.2, 0.25) is 0 Å². The summed E-state index contributed by atoms with van der Waals surface area (Å²) in [6.07, 6.45) is 3.91. The van der Waals surface area contributed by atoms with E-state index in [1.54, 1.807) is 4.90 Å². The van der Waals surface area contributed by atoms with Crippen LogP contribution in [0.5, 0.6) is 0 Å². The second-order valence-corrected chi connectivity index (χ2v) is 5.59. The zero-order chi connectivity index (χ0) is 13.2. The minimum Gasteiger partial charge on any atom is -0.382 e. The third kappa shape index (κ3) is 2.53. The summed E-state index contributed by atoms with van der Waals surface area (Å²) in [5, 5.41) is 6.42. The first kappa shape index (κ1) is 12.3. The SMILES string of the molecule is CC1CCCC1Nc1ccc(N2CCNC2=O)cc1. The summed E-state index contributed by atoms with van der Waals surface area (Å²) in [7, 11) is 0. The van der Waals surface area contributed by atoms with Gasteiger partial charge in [-0.15, -0.1) is 0 Å². The Morgan fingerprint density at radius 2 is 2.05 bits per heavy atom. The van der Waals surface area contributed by atoms with E-state index in [4.69, 9.17) is 0 Å². The maximum atomic E-state index is 11.6. The van der Waals surface area contributed by atoms with Gasteiger partial charge in [-0.25, -0.2) is 4.79 Å². The minimum absolute atomic E-state index is 0.00474. The first-order valence-electron chi connectivity index (χ1n) is 7.16. The van der Waals surface area contributed by atoms with E-state index in [1.807, 2.05) is 12.1 Å². The Kier molecular flexibility index (Phi) is 3.32. The van der Waals surface area contributed by atoms with Gasteiger partial charge >= 0.3 is 6.03 Å². The maximum Gasteiger partial charge on any atom is 0.321 e. The number of rotatable bonds is 3. The van der Waals surface area contributed by atoms with Crippen molar-refractivity contribution in [3.05, 3.63) is 24.3 Å². The predicted molar refractivity (Wildman–Crippen MR) is 77.6 cm³/mol. The molecule has 19 heavy (non-hydrogen) atoms. The van der Waals surface area contributed by atoms with E-state index in [9.17, 15) is 4.79 Å². The predicted octanol–water partition coefficient (Wildman–Crippen LogP) is 2.82. The lowest BCUT2D eigenvalue weighted by Gasteiger charge is -2.20. The molecule has 1 aliphatic carbocycles. The average molecular weight is 259 g/mol. The molecule has 1 aromatic carbocycles. The fraction of sp³-hybridized carbons (Fsp3) is 0.533. The van der Waals surface area contributed by atoms with Crippen LogP contribution in [0.4, 0.5) is 16.2 Å². The van der Waals surface area contributed by atoms with Crippen molar-refractivity contribution in [2.75, 3.05) is 23.3 Å². The number of nitrogens with zero attached hydrogens (tertiary/aromatic N) is 1. The van der Waals surface area contributed by atoms with Gasteiger partial charge in [0.05, 0.1) is 0 Å². The summed E-state index contributed by atoms with van der Waals surface area (Å²) < 4.78 is 0. The molecule has 0 aromatic heterocycles. The van der Waals surface area contributed by atoms with Gasteiger partial charge in [0.25, 0.3) is 0 Å². The summed E-state index contributed by atoms with van der Waals surface area (Å²) in [5.41, 5.74) is 2.13. The summed E-state index contributed by atoms with van der Waals surface area (Å²) in [4.78, 5) is 13.4. The van der Waals surface area contributed by atoms with E-state index in [1.165, 1.54) is 19.3 Å². The molecule has 0 spiro atoms. The fourth-order valence-corrected chi connectivity index (χ4v) is 3.03. The molecule has 2 fully saturated rings. The van der Waals surface area contributed by atoms with Gasteiger partial charge in [-0.1, -0.05) is 13.3 Å². The Morgan fingerprint density at radius 3 is 2.63 bits per heavy atom. The molecule has 1 aliphatic heterocycles. The smallest absolute Gasteiger partial charge is 0.321 e. The largest absolute Gasteiger partial charge is 0.382 e. The number of urea groups is 1. The van der Waals surface area contributed by atoms with Gasteiger partial charge in [0.15, 0.2) is 0 Å². The standard InChI is InChI=1S/C15H21N3O/c1-11-3-2-4-14(11)17-12-5-7-13(8-6-12)18-10-9-16-15(18)19/h5-8,11,14,17H,2-4,9-10H2,1H3,(H,16,19). The number of amides is 2. The lowest BCUT2D eigenvalue weighted by molar-refractivity contribution is 0.252. The molecular weight excluding hydrogens is 238 g/mol. The Hall–Kier alpha value is -1.71. The number of hydrogen-bond donors (Lipinski definition) is 2. The maximum absolute atomic E-state index is 11.6. The second-order valence-electron chi connectivity index (χ2n) is 5.59. The van der Waals surface area contributed by atoms with E-state index in [0.29, 0.717) is 6.04 Å². The highest BCUT2D eigenvalue weighted by molar-refractivity contribution is 5.94. The molecule has 4 nitrogen and oxygen atoms in total. The van der Waals surface area contributed by atoms with Gasteiger partial charge in [0.2, 0.25) is 0 Å². The molecular formula is C15H21N3O. The second kappa shape index (κ2) is 5.11. The number of nitrogens with one attached hydrogen (secondary N) is 2. The molecule has 0 bridgehead atoms. The Bertz CT molecular complexity index is 457. The van der Waals surface area contributed by atoms with Gasteiger partial charge in [-0.05, 0) is 43.0 Å². The van der Waals surface area contributed by atoms with E-state index >= 15 is 0 Å². The van der Waals surface area contributed by atoms with Crippen LogP contribution >= 0.6 is 0 Å². The van der Waals surface area contributed by atoms with Crippen molar-refractivity contribution >= 4 is 17.4 Å². The van der Waals surface area contributed by atoms with Crippen LogP contribution in [0.15, 0.2) is 24.3 Å². The van der Waals surface area contributed by atoms with Gasteiger partial charge in [0.1, 0.15) is 0 Å². The van der Waals surface area contributed by atoms with Crippen molar-refractivity contribution in [2.24, 2.45) is 5.92 Å². The number of carbonyl (C=O) groups excluding carboxylic acids is 1. The molecule has 3 rings (SSSR count). The number of anilines is 2. The number of hydrogen-bond acceptors (Lipinski definition) is 2. The summed E-state index contributed by atoms with van der Waals surface area (Å²) in [6.45, 7) is 3.80. The lowest BCUT2D eigenvalue weighted by atomic mass is 10.1. The van der Waals surface area contributed by atoms with Crippen LogP contribution in [0.25, 0.3) is 0 Å². The highest BCUT2D eigenvalue weighted by Crippen LogP contribution is 2.28. The molecule has 1 saturated carbocycles. The Morgan fingerprint density at radius 1 is 1.26 bits per heavy atom. The van der Waals surface area contributed by atoms with Crippen LogP contribution in [0.3, 0.4) is 0 Å². The molecule has 1 aromatic rings. The first-order valence-corrected chi connectivity index (χ1v) is 7.16. The molecule has 1 heterocycles. The number of benzene rings is 1. The van der Waals surface area contributed by atoms with Gasteiger partial charge < -0.3 is 10.6 Å². The van der Waals surface area contributed by atoms with Crippen LogP contribution in [0, 0.1) is 5.92 Å².